The van der Waals surface area contributed by atoms with E-state index in [-0.39, 0.29) is 5.56 Å². The van der Waals surface area contributed by atoms with Gasteiger partial charge < -0.3 is 4.74 Å². The first kappa shape index (κ1) is 24.1. The summed E-state index contributed by atoms with van der Waals surface area (Å²) in [6.45, 7) is 4.27. The van der Waals surface area contributed by atoms with Crippen molar-refractivity contribution in [3.63, 3.8) is 0 Å². The van der Waals surface area contributed by atoms with E-state index in [0.717, 1.165) is 48.2 Å². The quantitative estimate of drug-likeness (QED) is 0.344. The largest absolute Gasteiger partial charge is 0.496 e. The highest BCUT2D eigenvalue weighted by Gasteiger charge is 2.34. The lowest BCUT2D eigenvalue weighted by molar-refractivity contribution is -0.137. The molecule has 1 saturated heterocycles. The molecule has 34 heavy (non-hydrogen) atoms. The number of hydrogen-bond donors (Lipinski definition) is 0. The van der Waals surface area contributed by atoms with E-state index in [1.807, 2.05) is 55.5 Å². The van der Waals surface area contributed by atoms with E-state index < -0.39 is 11.7 Å². The predicted octanol–water partition coefficient (Wildman–Crippen LogP) is 7.85. The van der Waals surface area contributed by atoms with Crippen LogP contribution in [0.2, 0.25) is 0 Å². The molecule has 0 aliphatic carbocycles. The average molecular weight is 466 g/mol. The van der Waals surface area contributed by atoms with E-state index in [1.54, 1.807) is 12.2 Å². The molecule has 4 rings (SSSR count). The highest BCUT2D eigenvalue weighted by atomic mass is 19.4. The molecule has 0 radical (unpaired) electrons. The topological polar surface area (TPSA) is 12.5 Å². The first-order chi connectivity index (χ1) is 16.4. The van der Waals surface area contributed by atoms with Crippen molar-refractivity contribution in [2.24, 2.45) is 0 Å². The van der Waals surface area contributed by atoms with Crippen LogP contribution in [-0.2, 0) is 12.7 Å². The van der Waals surface area contributed by atoms with Gasteiger partial charge in [0.25, 0.3) is 0 Å². The molecule has 3 aromatic carbocycles. The number of methoxy groups -OCH3 is 1. The van der Waals surface area contributed by atoms with Gasteiger partial charge in [0.15, 0.2) is 0 Å². The molecule has 5 heteroatoms. The number of hydrogen-bond acceptors (Lipinski definition) is 2. The molecule has 0 saturated carbocycles. The minimum absolute atomic E-state index is 0.108. The molecule has 3 aromatic rings. The van der Waals surface area contributed by atoms with Crippen LogP contribution in [0.1, 0.15) is 47.1 Å². The van der Waals surface area contributed by atoms with Gasteiger partial charge in [-0.15, -0.1) is 0 Å². The summed E-state index contributed by atoms with van der Waals surface area (Å²) >= 11 is 0. The Labute approximate surface area is 199 Å². The van der Waals surface area contributed by atoms with E-state index >= 15 is 0 Å². The van der Waals surface area contributed by atoms with Crippen LogP contribution >= 0.6 is 0 Å². The number of rotatable bonds is 6. The maximum absolute atomic E-state index is 14.0. The van der Waals surface area contributed by atoms with Crippen molar-refractivity contribution >= 4 is 12.2 Å². The molecule has 0 bridgehead atoms. The summed E-state index contributed by atoms with van der Waals surface area (Å²) in [6.07, 6.45) is 2.19. The zero-order chi connectivity index (χ0) is 24.1. The fourth-order valence-corrected chi connectivity index (χ4v) is 4.64. The summed E-state index contributed by atoms with van der Waals surface area (Å²) in [4.78, 5) is 2.20. The lowest BCUT2D eigenvalue weighted by Gasteiger charge is -2.27. The second kappa shape index (κ2) is 10.5. The van der Waals surface area contributed by atoms with Gasteiger partial charge in [-0.2, -0.15) is 13.2 Å². The summed E-state index contributed by atoms with van der Waals surface area (Å²) in [5.41, 5.74) is 4.10. The van der Waals surface area contributed by atoms with Gasteiger partial charge in [-0.25, -0.2) is 0 Å². The van der Waals surface area contributed by atoms with Crippen molar-refractivity contribution in [1.29, 1.82) is 0 Å². The normalized spacial score (nSPS) is 15.1. The van der Waals surface area contributed by atoms with E-state index in [9.17, 15) is 13.2 Å². The first-order valence-corrected chi connectivity index (χ1v) is 11.7. The number of benzene rings is 3. The fourth-order valence-electron chi connectivity index (χ4n) is 4.64. The second-order valence-electron chi connectivity index (χ2n) is 8.81. The van der Waals surface area contributed by atoms with Gasteiger partial charge in [-0.05, 0) is 72.8 Å². The Hall–Kier alpha value is -3.05. The molecule has 1 heterocycles. The molecule has 2 nitrogen and oxygen atoms in total. The predicted molar refractivity (Wildman–Crippen MR) is 133 cm³/mol. The summed E-state index contributed by atoms with van der Waals surface area (Å²) in [5.74, 6) is 0.494. The van der Waals surface area contributed by atoms with Crippen LogP contribution < -0.4 is 4.74 Å². The Morgan fingerprint density at radius 3 is 2.26 bits per heavy atom. The molecule has 0 spiro atoms. The standard InChI is InChI=1S/C29H30F3NO/c1-21-22(12-9-13-26(21)23-10-5-3-6-11-23)14-15-24-19-28(34-2)25(18-27(24)29(30,31)32)20-33-16-7-4-8-17-33/h3,5-6,9-15,18-19H,4,7-8,16-17,20H2,1-2H3/b15-14+. The minimum Gasteiger partial charge on any atom is -0.496 e. The molecule has 178 valence electrons. The van der Waals surface area contributed by atoms with Crippen LogP contribution in [0.15, 0.2) is 60.7 Å². The molecular formula is C29H30F3NO. The van der Waals surface area contributed by atoms with Gasteiger partial charge in [0.1, 0.15) is 5.75 Å². The second-order valence-corrected chi connectivity index (χ2v) is 8.81. The maximum atomic E-state index is 14.0. The van der Waals surface area contributed by atoms with E-state index in [0.29, 0.717) is 17.9 Å². The Balaban J connectivity index is 1.70. The van der Waals surface area contributed by atoms with Crippen molar-refractivity contribution < 1.29 is 17.9 Å². The van der Waals surface area contributed by atoms with Gasteiger partial charge in [-0.3, -0.25) is 4.90 Å². The molecule has 0 unspecified atom stereocenters. The number of likely N-dealkylation sites (tertiary alicyclic amines) is 1. The van der Waals surface area contributed by atoms with Crippen molar-refractivity contribution in [1.82, 2.24) is 4.90 Å². The molecule has 0 amide bonds. The number of halogens is 3. The fraction of sp³-hybridized carbons (Fsp3) is 0.310. The van der Waals surface area contributed by atoms with Crippen molar-refractivity contribution in [3.8, 4) is 16.9 Å². The number of nitrogens with zero attached hydrogens (tertiary/aromatic N) is 1. The summed E-state index contributed by atoms with van der Waals surface area (Å²) < 4.78 is 47.7. The van der Waals surface area contributed by atoms with E-state index in [1.165, 1.54) is 25.7 Å². The number of ether oxygens (including phenoxy) is 1. The molecule has 0 N–H and O–H groups in total. The molecule has 0 aromatic heterocycles. The van der Waals surface area contributed by atoms with Gasteiger partial charge in [0.2, 0.25) is 0 Å². The number of alkyl halides is 3. The molecule has 1 aliphatic rings. The van der Waals surface area contributed by atoms with Crippen molar-refractivity contribution in [2.75, 3.05) is 20.2 Å². The maximum Gasteiger partial charge on any atom is 0.417 e. The van der Waals surface area contributed by atoms with Crippen LogP contribution in [0.5, 0.6) is 5.75 Å². The monoisotopic (exact) mass is 465 g/mol. The van der Waals surface area contributed by atoms with Crippen LogP contribution in [0, 0.1) is 6.92 Å². The van der Waals surface area contributed by atoms with Crippen molar-refractivity contribution in [2.45, 2.75) is 38.9 Å². The van der Waals surface area contributed by atoms with Gasteiger partial charge >= 0.3 is 6.18 Å². The Kier molecular flexibility index (Phi) is 7.42. The van der Waals surface area contributed by atoms with Crippen LogP contribution in [-0.4, -0.2) is 25.1 Å². The van der Waals surface area contributed by atoms with Gasteiger partial charge in [0.05, 0.1) is 12.7 Å². The molecule has 1 aliphatic heterocycles. The minimum atomic E-state index is -4.45. The highest BCUT2D eigenvalue weighted by molar-refractivity contribution is 5.78. The third-order valence-electron chi connectivity index (χ3n) is 6.50. The smallest absolute Gasteiger partial charge is 0.417 e. The Bertz CT molecular complexity index is 1150. The van der Waals surface area contributed by atoms with Crippen LogP contribution in [0.3, 0.4) is 0 Å². The van der Waals surface area contributed by atoms with Gasteiger partial charge in [0, 0.05) is 12.1 Å². The third kappa shape index (κ3) is 5.53. The molecule has 1 fully saturated rings. The van der Waals surface area contributed by atoms with Crippen LogP contribution in [0.25, 0.3) is 23.3 Å². The lowest BCUT2D eigenvalue weighted by atomic mass is 9.95. The van der Waals surface area contributed by atoms with E-state index in [4.69, 9.17) is 4.74 Å². The number of piperidine rings is 1. The zero-order valence-corrected chi connectivity index (χ0v) is 19.7. The average Bonchev–Trinajstić information content (AvgIpc) is 2.84. The van der Waals surface area contributed by atoms with Crippen molar-refractivity contribution in [3.05, 3.63) is 88.5 Å². The van der Waals surface area contributed by atoms with Gasteiger partial charge in [-0.1, -0.05) is 67.1 Å². The molecular weight excluding hydrogens is 435 g/mol. The van der Waals surface area contributed by atoms with Crippen LogP contribution in [0.4, 0.5) is 13.2 Å². The van der Waals surface area contributed by atoms with E-state index in [2.05, 4.69) is 4.90 Å². The summed E-state index contributed by atoms with van der Waals surface area (Å²) in [6, 6.07) is 18.7. The molecule has 0 atom stereocenters. The Morgan fingerprint density at radius 1 is 0.882 bits per heavy atom. The first-order valence-electron chi connectivity index (χ1n) is 11.7. The summed E-state index contributed by atoms with van der Waals surface area (Å²) in [7, 11) is 1.52. The zero-order valence-electron chi connectivity index (χ0n) is 19.7. The lowest BCUT2D eigenvalue weighted by Crippen LogP contribution is -2.29. The summed E-state index contributed by atoms with van der Waals surface area (Å²) in [5, 5.41) is 0. The SMILES string of the molecule is COc1cc(/C=C/c2cccc(-c3ccccc3)c2C)c(C(F)(F)F)cc1CN1CCCCC1. The Morgan fingerprint density at radius 2 is 1.59 bits per heavy atom. The highest BCUT2D eigenvalue weighted by Crippen LogP contribution is 2.38. The third-order valence-corrected chi connectivity index (χ3v) is 6.50.